The number of hydrogen-bond acceptors (Lipinski definition) is 4. The summed E-state index contributed by atoms with van der Waals surface area (Å²) in [4.78, 5) is 24.3. The summed E-state index contributed by atoms with van der Waals surface area (Å²) in [5.74, 6) is -0.344. The van der Waals surface area contributed by atoms with E-state index in [1.165, 1.54) is 5.56 Å². The zero-order valence-electron chi connectivity index (χ0n) is 16.1. The van der Waals surface area contributed by atoms with Crippen LogP contribution in [0.2, 0.25) is 0 Å². The van der Waals surface area contributed by atoms with E-state index < -0.39 is 0 Å². The van der Waals surface area contributed by atoms with Crippen LogP contribution in [0.15, 0.2) is 42.5 Å². The first-order chi connectivity index (χ1) is 13.0. The lowest BCUT2D eigenvalue weighted by Crippen LogP contribution is -2.25. The molecule has 0 saturated heterocycles. The van der Waals surface area contributed by atoms with Gasteiger partial charge in [0, 0.05) is 37.2 Å². The van der Waals surface area contributed by atoms with Gasteiger partial charge in [0.25, 0.3) is 5.91 Å². The van der Waals surface area contributed by atoms with Gasteiger partial charge in [-0.1, -0.05) is 23.8 Å². The van der Waals surface area contributed by atoms with Crippen LogP contribution in [-0.4, -0.2) is 38.6 Å². The van der Waals surface area contributed by atoms with Crippen molar-refractivity contribution < 1.29 is 14.3 Å². The zero-order valence-corrected chi connectivity index (χ0v) is 16.1. The third-order valence-corrected chi connectivity index (χ3v) is 4.04. The summed E-state index contributed by atoms with van der Waals surface area (Å²) in [6, 6.07) is 12.9. The van der Waals surface area contributed by atoms with Crippen LogP contribution in [0.3, 0.4) is 0 Å². The summed E-state index contributed by atoms with van der Waals surface area (Å²) < 4.78 is 4.96. The van der Waals surface area contributed by atoms with Crippen LogP contribution in [0.25, 0.3) is 0 Å². The summed E-state index contributed by atoms with van der Waals surface area (Å²) in [6.07, 6.45) is 0.753. The average molecular weight is 369 g/mol. The zero-order chi connectivity index (χ0) is 19.6. The Kier molecular flexibility index (Phi) is 7.82. The standard InChI is InChI=1S/C21H27N3O3/c1-15-8-9-19(16(2)12-15)23-14-20(25)24-18-7-4-6-17(13-18)21(26)22-10-5-11-27-3/h4,6-9,12-13,23H,5,10-11,14H2,1-3H3,(H,22,26)(H,24,25). The Balaban J connectivity index is 1.87. The van der Waals surface area contributed by atoms with Crippen molar-refractivity contribution in [3.05, 3.63) is 59.2 Å². The van der Waals surface area contributed by atoms with Crippen molar-refractivity contribution in [2.45, 2.75) is 20.3 Å². The number of ether oxygens (including phenoxy) is 1. The molecule has 0 unspecified atom stereocenters. The van der Waals surface area contributed by atoms with Crippen molar-refractivity contribution in [3.63, 3.8) is 0 Å². The highest BCUT2D eigenvalue weighted by Crippen LogP contribution is 2.16. The van der Waals surface area contributed by atoms with Crippen molar-refractivity contribution in [2.75, 3.05) is 37.4 Å². The fraction of sp³-hybridized carbons (Fsp3) is 0.333. The largest absolute Gasteiger partial charge is 0.385 e. The fourth-order valence-electron chi connectivity index (χ4n) is 2.65. The molecule has 2 rings (SSSR count). The Morgan fingerprint density at radius 2 is 1.89 bits per heavy atom. The van der Waals surface area contributed by atoms with Crippen molar-refractivity contribution in [3.8, 4) is 0 Å². The van der Waals surface area contributed by atoms with Gasteiger partial charge < -0.3 is 20.7 Å². The molecule has 0 spiro atoms. The monoisotopic (exact) mass is 369 g/mol. The Labute approximate surface area is 160 Å². The topological polar surface area (TPSA) is 79.5 Å². The smallest absolute Gasteiger partial charge is 0.251 e. The van der Waals surface area contributed by atoms with Gasteiger partial charge in [-0.2, -0.15) is 0 Å². The first kappa shape index (κ1) is 20.5. The maximum absolute atomic E-state index is 12.2. The van der Waals surface area contributed by atoms with E-state index in [1.807, 2.05) is 26.0 Å². The molecule has 27 heavy (non-hydrogen) atoms. The predicted molar refractivity (Wildman–Crippen MR) is 108 cm³/mol. The lowest BCUT2D eigenvalue weighted by atomic mass is 10.1. The molecule has 0 fully saturated rings. The van der Waals surface area contributed by atoms with E-state index >= 15 is 0 Å². The maximum atomic E-state index is 12.2. The van der Waals surface area contributed by atoms with Crippen LogP contribution < -0.4 is 16.0 Å². The maximum Gasteiger partial charge on any atom is 0.251 e. The highest BCUT2D eigenvalue weighted by Gasteiger charge is 2.08. The minimum atomic E-state index is -0.173. The van der Waals surface area contributed by atoms with Crippen molar-refractivity contribution >= 4 is 23.2 Å². The molecular weight excluding hydrogens is 342 g/mol. The molecule has 0 saturated carbocycles. The molecule has 6 nitrogen and oxygen atoms in total. The quantitative estimate of drug-likeness (QED) is 0.594. The Morgan fingerprint density at radius 3 is 2.63 bits per heavy atom. The van der Waals surface area contributed by atoms with Gasteiger partial charge >= 0.3 is 0 Å². The number of hydrogen-bond donors (Lipinski definition) is 3. The van der Waals surface area contributed by atoms with Gasteiger partial charge in [-0.25, -0.2) is 0 Å². The number of carbonyl (C=O) groups is 2. The minimum Gasteiger partial charge on any atom is -0.385 e. The molecule has 2 aromatic rings. The van der Waals surface area contributed by atoms with Crippen LogP contribution in [0.1, 0.15) is 27.9 Å². The third kappa shape index (κ3) is 6.75. The Hall–Kier alpha value is -2.86. The number of carbonyl (C=O) groups excluding carboxylic acids is 2. The molecule has 0 aliphatic rings. The number of rotatable bonds is 9. The molecule has 3 N–H and O–H groups in total. The van der Waals surface area contributed by atoms with Crippen LogP contribution in [-0.2, 0) is 9.53 Å². The summed E-state index contributed by atoms with van der Waals surface area (Å²) in [5.41, 5.74) is 4.30. The summed E-state index contributed by atoms with van der Waals surface area (Å²) >= 11 is 0. The van der Waals surface area contributed by atoms with E-state index in [1.54, 1.807) is 31.4 Å². The van der Waals surface area contributed by atoms with Gasteiger partial charge in [0.05, 0.1) is 6.54 Å². The highest BCUT2D eigenvalue weighted by atomic mass is 16.5. The molecule has 2 amide bonds. The molecule has 2 aromatic carbocycles. The third-order valence-electron chi connectivity index (χ3n) is 4.04. The number of amides is 2. The molecule has 0 bridgehead atoms. The second kappa shape index (κ2) is 10.3. The summed E-state index contributed by atoms with van der Waals surface area (Å²) in [5, 5.41) is 8.78. The van der Waals surface area contributed by atoms with E-state index in [-0.39, 0.29) is 18.4 Å². The number of nitrogens with one attached hydrogen (secondary N) is 3. The Morgan fingerprint density at radius 1 is 1.07 bits per heavy atom. The van der Waals surface area contributed by atoms with Gasteiger partial charge in [0.2, 0.25) is 5.91 Å². The molecule has 144 valence electrons. The lowest BCUT2D eigenvalue weighted by molar-refractivity contribution is -0.114. The lowest BCUT2D eigenvalue weighted by Gasteiger charge is -2.11. The molecule has 0 atom stereocenters. The van der Waals surface area contributed by atoms with E-state index in [0.717, 1.165) is 17.7 Å². The molecule has 0 aliphatic heterocycles. The summed E-state index contributed by atoms with van der Waals surface area (Å²) in [6.45, 7) is 5.33. The average Bonchev–Trinajstić information content (AvgIpc) is 2.64. The van der Waals surface area contributed by atoms with Crippen LogP contribution in [0, 0.1) is 13.8 Å². The van der Waals surface area contributed by atoms with E-state index in [9.17, 15) is 9.59 Å². The molecule has 0 heterocycles. The van der Waals surface area contributed by atoms with E-state index in [4.69, 9.17) is 4.74 Å². The van der Waals surface area contributed by atoms with Crippen molar-refractivity contribution in [1.29, 1.82) is 0 Å². The van der Waals surface area contributed by atoms with Gasteiger partial charge in [-0.15, -0.1) is 0 Å². The second-order valence-corrected chi connectivity index (χ2v) is 6.40. The van der Waals surface area contributed by atoms with Crippen LogP contribution >= 0.6 is 0 Å². The molecule has 0 radical (unpaired) electrons. The van der Waals surface area contributed by atoms with Gasteiger partial charge in [-0.05, 0) is 50.1 Å². The molecule has 6 heteroatoms. The SMILES string of the molecule is COCCCNC(=O)c1cccc(NC(=O)CNc2ccc(C)cc2C)c1. The van der Waals surface area contributed by atoms with Gasteiger partial charge in [0.15, 0.2) is 0 Å². The number of anilines is 2. The van der Waals surface area contributed by atoms with Crippen molar-refractivity contribution in [2.24, 2.45) is 0 Å². The minimum absolute atomic E-state index is 0.150. The molecule has 0 aliphatic carbocycles. The van der Waals surface area contributed by atoms with Gasteiger partial charge in [0.1, 0.15) is 0 Å². The van der Waals surface area contributed by atoms with Gasteiger partial charge in [-0.3, -0.25) is 9.59 Å². The predicted octanol–water partition coefficient (Wildman–Crippen LogP) is 3.12. The number of aryl methyl sites for hydroxylation is 2. The first-order valence-electron chi connectivity index (χ1n) is 8.98. The van der Waals surface area contributed by atoms with Crippen LogP contribution in [0.4, 0.5) is 11.4 Å². The molecular formula is C21H27N3O3. The molecule has 0 aromatic heterocycles. The Bertz CT molecular complexity index is 790. The normalized spacial score (nSPS) is 10.3. The van der Waals surface area contributed by atoms with Crippen molar-refractivity contribution in [1.82, 2.24) is 5.32 Å². The van der Waals surface area contributed by atoms with E-state index in [0.29, 0.717) is 24.4 Å². The van der Waals surface area contributed by atoms with E-state index in [2.05, 4.69) is 22.0 Å². The fourth-order valence-corrected chi connectivity index (χ4v) is 2.65. The van der Waals surface area contributed by atoms with Crippen LogP contribution in [0.5, 0.6) is 0 Å². The number of methoxy groups -OCH3 is 1. The number of benzene rings is 2. The second-order valence-electron chi connectivity index (χ2n) is 6.40. The highest BCUT2D eigenvalue weighted by molar-refractivity contribution is 5.98. The summed E-state index contributed by atoms with van der Waals surface area (Å²) in [7, 11) is 1.63. The first-order valence-corrected chi connectivity index (χ1v) is 8.98.